The normalized spacial score (nSPS) is 26.6. The third-order valence-corrected chi connectivity index (χ3v) is 3.94. The minimum atomic E-state index is -0.177. The molecule has 0 aromatic carbocycles. The van der Waals surface area contributed by atoms with Crippen molar-refractivity contribution in [2.45, 2.75) is 31.9 Å². The number of rotatable bonds is 4. The molecule has 4 heteroatoms. The highest BCUT2D eigenvalue weighted by Gasteiger charge is 2.31. The number of carbonyl (C=O) groups is 2. The van der Waals surface area contributed by atoms with Gasteiger partial charge in [0.2, 0.25) is 0 Å². The lowest BCUT2D eigenvalue weighted by atomic mass is 10.1. The van der Waals surface area contributed by atoms with Crippen LogP contribution in [0.3, 0.4) is 0 Å². The van der Waals surface area contributed by atoms with Crippen molar-refractivity contribution in [2.24, 2.45) is 5.92 Å². The average molecular weight is 216 g/mol. The Kier molecular flexibility index (Phi) is 4.45. The van der Waals surface area contributed by atoms with Crippen molar-refractivity contribution in [3.63, 3.8) is 0 Å². The van der Waals surface area contributed by atoms with Crippen LogP contribution in [0.4, 0.5) is 0 Å². The van der Waals surface area contributed by atoms with Crippen LogP contribution < -0.4 is 0 Å². The lowest BCUT2D eigenvalue weighted by molar-refractivity contribution is -0.139. The molecule has 1 fully saturated rings. The first-order valence-corrected chi connectivity index (χ1v) is 6.00. The van der Waals surface area contributed by atoms with Crippen LogP contribution in [-0.4, -0.2) is 29.4 Å². The molecule has 1 aliphatic rings. The first-order chi connectivity index (χ1) is 6.65. The second-order valence-electron chi connectivity index (χ2n) is 3.45. The molecule has 0 bridgehead atoms. The minimum Gasteiger partial charge on any atom is -0.465 e. The summed E-state index contributed by atoms with van der Waals surface area (Å²) >= 11 is 1.55. The largest absolute Gasteiger partial charge is 0.465 e. The van der Waals surface area contributed by atoms with Crippen LogP contribution in [0.15, 0.2) is 0 Å². The van der Waals surface area contributed by atoms with Crippen molar-refractivity contribution in [2.75, 3.05) is 12.4 Å². The Morgan fingerprint density at radius 3 is 2.86 bits per heavy atom. The van der Waals surface area contributed by atoms with Gasteiger partial charge in [0.1, 0.15) is 5.78 Å². The molecule has 0 aromatic rings. The van der Waals surface area contributed by atoms with E-state index in [0.717, 1.165) is 6.42 Å². The number of hydrogen-bond donors (Lipinski definition) is 0. The molecule has 3 nitrogen and oxygen atoms in total. The van der Waals surface area contributed by atoms with E-state index >= 15 is 0 Å². The monoisotopic (exact) mass is 216 g/mol. The number of esters is 1. The topological polar surface area (TPSA) is 43.4 Å². The number of carbonyl (C=O) groups excluding carboxylic acids is 2. The van der Waals surface area contributed by atoms with Crippen molar-refractivity contribution < 1.29 is 14.3 Å². The van der Waals surface area contributed by atoms with Gasteiger partial charge in [0.15, 0.2) is 0 Å². The Hall–Kier alpha value is -0.510. The van der Waals surface area contributed by atoms with Crippen LogP contribution in [0.5, 0.6) is 0 Å². The molecule has 0 radical (unpaired) electrons. The molecule has 0 spiro atoms. The fourth-order valence-electron chi connectivity index (χ4n) is 1.57. The zero-order valence-corrected chi connectivity index (χ0v) is 9.43. The fourth-order valence-corrected chi connectivity index (χ4v) is 2.73. The molecule has 14 heavy (non-hydrogen) atoms. The molecule has 1 rings (SSSR count). The van der Waals surface area contributed by atoms with Gasteiger partial charge in [-0.25, -0.2) is 0 Å². The van der Waals surface area contributed by atoms with Gasteiger partial charge in [-0.1, -0.05) is 6.92 Å². The van der Waals surface area contributed by atoms with Crippen molar-refractivity contribution in [3.8, 4) is 0 Å². The van der Waals surface area contributed by atoms with Crippen LogP contribution in [-0.2, 0) is 14.3 Å². The molecular weight excluding hydrogens is 200 g/mol. The van der Waals surface area contributed by atoms with E-state index in [9.17, 15) is 9.59 Å². The highest BCUT2D eigenvalue weighted by atomic mass is 32.2. The molecule has 0 aromatic heterocycles. The molecule has 0 amide bonds. The van der Waals surface area contributed by atoms with Crippen molar-refractivity contribution in [3.05, 3.63) is 0 Å². The average Bonchev–Trinajstić information content (AvgIpc) is 2.46. The lowest BCUT2D eigenvalue weighted by Gasteiger charge is -2.12. The summed E-state index contributed by atoms with van der Waals surface area (Å²) in [5, 5.41) is 0.312. The van der Waals surface area contributed by atoms with Crippen molar-refractivity contribution in [1.29, 1.82) is 0 Å². The highest BCUT2D eigenvalue weighted by Crippen LogP contribution is 2.32. The first kappa shape index (κ1) is 11.6. The van der Waals surface area contributed by atoms with Crippen molar-refractivity contribution in [1.82, 2.24) is 0 Å². The molecule has 0 saturated heterocycles. The Balaban J connectivity index is 2.25. The summed E-state index contributed by atoms with van der Waals surface area (Å²) < 4.78 is 4.82. The predicted molar refractivity (Wildman–Crippen MR) is 56.3 cm³/mol. The zero-order valence-electron chi connectivity index (χ0n) is 8.62. The van der Waals surface area contributed by atoms with Gasteiger partial charge in [-0.2, -0.15) is 0 Å². The third kappa shape index (κ3) is 3.01. The van der Waals surface area contributed by atoms with Crippen LogP contribution >= 0.6 is 11.8 Å². The molecule has 1 saturated carbocycles. The Bertz CT molecular complexity index is 227. The van der Waals surface area contributed by atoms with Gasteiger partial charge in [0, 0.05) is 17.6 Å². The maximum Gasteiger partial charge on any atom is 0.315 e. The quantitative estimate of drug-likeness (QED) is 0.670. The zero-order chi connectivity index (χ0) is 10.6. The number of ketones is 1. The second-order valence-corrected chi connectivity index (χ2v) is 4.68. The third-order valence-electron chi connectivity index (χ3n) is 2.46. The van der Waals surface area contributed by atoms with E-state index in [1.54, 1.807) is 18.7 Å². The van der Waals surface area contributed by atoms with Gasteiger partial charge in [0.25, 0.3) is 0 Å². The molecular formula is C10H16O3S. The summed E-state index contributed by atoms with van der Waals surface area (Å²) in [6.07, 6.45) is 1.58. The van der Waals surface area contributed by atoms with Crippen LogP contribution in [0.1, 0.15) is 26.7 Å². The fraction of sp³-hybridized carbons (Fsp3) is 0.800. The number of Topliss-reactive ketones (excluding diaryl/α,β-unsaturated/α-hetero) is 1. The second kappa shape index (κ2) is 5.39. The highest BCUT2D eigenvalue weighted by molar-refractivity contribution is 8.00. The smallest absolute Gasteiger partial charge is 0.315 e. The van der Waals surface area contributed by atoms with Gasteiger partial charge in [-0.15, -0.1) is 11.8 Å². The van der Waals surface area contributed by atoms with E-state index in [1.807, 2.05) is 6.92 Å². The van der Waals surface area contributed by atoms with Gasteiger partial charge in [-0.05, 0) is 13.3 Å². The van der Waals surface area contributed by atoms with E-state index in [4.69, 9.17) is 4.74 Å². The maximum absolute atomic E-state index is 11.2. The molecule has 2 atom stereocenters. The first-order valence-electron chi connectivity index (χ1n) is 4.95. The van der Waals surface area contributed by atoms with E-state index < -0.39 is 0 Å². The van der Waals surface area contributed by atoms with Crippen molar-refractivity contribution >= 4 is 23.5 Å². The number of hydrogen-bond acceptors (Lipinski definition) is 4. The summed E-state index contributed by atoms with van der Waals surface area (Å²) in [5.74, 6) is 0.626. The Morgan fingerprint density at radius 2 is 2.36 bits per heavy atom. The standard InChI is InChI=1S/C10H16O3S/c1-3-13-10(12)6-14-9-5-4-8(11)7(9)2/h7,9H,3-6H2,1-2H3. The summed E-state index contributed by atoms with van der Waals surface area (Å²) in [7, 11) is 0. The molecule has 2 unspecified atom stereocenters. The van der Waals surface area contributed by atoms with E-state index in [2.05, 4.69) is 0 Å². The molecule has 0 aliphatic heterocycles. The number of thioether (sulfide) groups is 1. The minimum absolute atomic E-state index is 0.106. The van der Waals surface area contributed by atoms with E-state index in [1.165, 1.54) is 0 Å². The van der Waals surface area contributed by atoms with Gasteiger partial charge in [0.05, 0.1) is 12.4 Å². The predicted octanol–water partition coefficient (Wildman–Crippen LogP) is 1.65. The molecule has 80 valence electrons. The van der Waals surface area contributed by atoms with Gasteiger partial charge < -0.3 is 4.74 Å². The van der Waals surface area contributed by atoms with Crippen LogP contribution in [0.25, 0.3) is 0 Å². The van der Waals surface area contributed by atoms with E-state index in [-0.39, 0.29) is 11.9 Å². The summed E-state index contributed by atoms with van der Waals surface area (Å²) in [6, 6.07) is 0. The van der Waals surface area contributed by atoms with Gasteiger partial charge in [-0.3, -0.25) is 9.59 Å². The number of ether oxygens (including phenoxy) is 1. The van der Waals surface area contributed by atoms with Crippen LogP contribution in [0, 0.1) is 5.92 Å². The van der Waals surface area contributed by atoms with E-state index in [0.29, 0.717) is 29.8 Å². The molecule has 0 N–H and O–H groups in total. The molecule has 0 heterocycles. The van der Waals surface area contributed by atoms with Crippen LogP contribution in [0.2, 0.25) is 0 Å². The Morgan fingerprint density at radius 1 is 1.64 bits per heavy atom. The SMILES string of the molecule is CCOC(=O)CSC1CCC(=O)C1C. The Labute approximate surface area is 88.6 Å². The summed E-state index contributed by atoms with van der Waals surface area (Å²) in [5.41, 5.74) is 0. The summed E-state index contributed by atoms with van der Waals surface area (Å²) in [4.78, 5) is 22.3. The molecule has 1 aliphatic carbocycles. The summed E-state index contributed by atoms with van der Waals surface area (Å²) in [6.45, 7) is 4.17. The lowest BCUT2D eigenvalue weighted by Crippen LogP contribution is -2.16. The maximum atomic E-state index is 11.2. The van der Waals surface area contributed by atoms with Gasteiger partial charge >= 0.3 is 5.97 Å².